The third-order valence-electron chi connectivity index (χ3n) is 4.00. The highest BCUT2D eigenvalue weighted by atomic mass is 16.5. The van der Waals surface area contributed by atoms with Crippen molar-refractivity contribution in [1.82, 2.24) is 4.90 Å². The van der Waals surface area contributed by atoms with E-state index >= 15 is 0 Å². The molecule has 2 aromatic carbocycles. The molecule has 0 radical (unpaired) electrons. The van der Waals surface area contributed by atoms with Crippen LogP contribution in [0.15, 0.2) is 54.6 Å². The summed E-state index contributed by atoms with van der Waals surface area (Å²) in [4.78, 5) is 26.0. The van der Waals surface area contributed by atoms with Gasteiger partial charge in [-0.15, -0.1) is 0 Å². The predicted molar refractivity (Wildman–Crippen MR) is 91.8 cm³/mol. The van der Waals surface area contributed by atoms with Crippen LogP contribution in [0.4, 0.5) is 5.69 Å². The number of hydrogen-bond acceptors (Lipinski definition) is 3. The van der Waals surface area contributed by atoms with E-state index in [1.54, 1.807) is 24.3 Å². The molecule has 5 heteroatoms. The molecular weight excluding hydrogens is 304 g/mol. The summed E-state index contributed by atoms with van der Waals surface area (Å²) in [6.07, 6.45) is 0. The van der Waals surface area contributed by atoms with Gasteiger partial charge in [0, 0.05) is 24.7 Å². The Labute approximate surface area is 141 Å². The standard InChI is InChI=1S/C19H20N2O3/c1-14(22)20-17-9-5-8-16(12-17)19(23)21-10-11-24-13-18(21)15-6-3-2-4-7-15/h2-9,12,18H,10-11,13H2,1H3,(H,20,22). The smallest absolute Gasteiger partial charge is 0.254 e. The summed E-state index contributed by atoms with van der Waals surface area (Å²) in [7, 11) is 0. The first-order valence-corrected chi connectivity index (χ1v) is 7.96. The number of ether oxygens (including phenoxy) is 1. The number of hydrogen-bond donors (Lipinski definition) is 1. The van der Waals surface area contributed by atoms with E-state index in [1.807, 2.05) is 35.2 Å². The van der Waals surface area contributed by atoms with Crippen LogP contribution in [-0.4, -0.2) is 36.5 Å². The number of benzene rings is 2. The Morgan fingerprint density at radius 2 is 1.92 bits per heavy atom. The number of anilines is 1. The first-order chi connectivity index (χ1) is 11.6. The van der Waals surface area contributed by atoms with Crippen LogP contribution in [0.5, 0.6) is 0 Å². The van der Waals surface area contributed by atoms with Crippen LogP contribution in [0.1, 0.15) is 28.9 Å². The van der Waals surface area contributed by atoms with E-state index in [4.69, 9.17) is 4.74 Å². The minimum Gasteiger partial charge on any atom is -0.377 e. The first-order valence-electron chi connectivity index (χ1n) is 7.96. The number of carbonyl (C=O) groups is 2. The van der Waals surface area contributed by atoms with E-state index in [1.165, 1.54) is 6.92 Å². The predicted octanol–water partition coefficient (Wildman–Crippen LogP) is 2.86. The highest BCUT2D eigenvalue weighted by Crippen LogP contribution is 2.26. The molecule has 1 fully saturated rings. The van der Waals surface area contributed by atoms with Gasteiger partial charge in [-0.3, -0.25) is 9.59 Å². The number of carbonyl (C=O) groups excluding carboxylic acids is 2. The molecule has 1 aliphatic rings. The summed E-state index contributed by atoms with van der Waals surface area (Å²) in [5.41, 5.74) is 2.24. The van der Waals surface area contributed by atoms with Crippen molar-refractivity contribution in [3.05, 3.63) is 65.7 Å². The van der Waals surface area contributed by atoms with Gasteiger partial charge in [-0.05, 0) is 23.8 Å². The average molecular weight is 324 g/mol. The van der Waals surface area contributed by atoms with E-state index in [-0.39, 0.29) is 17.9 Å². The van der Waals surface area contributed by atoms with Crippen LogP contribution in [0.2, 0.25) is 0 Å². The second-order valence-corrected chi connectivity index (χ2v) is 5.76. The van der Waals surface area contributed by atoms with E-state index in [0.717, 1.165) is 5.56 Å². The fourth-order valence-electron chi connectivity index (χ4n) is 2.90. The van der Waals surface area contributed by atoms with Gasteiger partial charge < -0.3 is 15.0 Å². The quantitative estimate of drug-likeness (QED) is 0.944. The molecule has 1 heterocycles. The summed E-state index contributed by atoms with van der Waals surface area (Å²) in [5.74, 6) is -0.215. The second-order valence-electron chi connectivity index (χ2n) is 5.76. The number of amides is 2. The molecule has 1 unspecified atom stereocenters. The Kier molecular flexibility index (Phi) is 4.91. The number of morpholine rings is 1. The SMILES string of the molecule is CC(=O)Nc1cccc(C(=O)N2CCOCC2c2ccccc2)c1. The summed E-state index contributed by atoms with van der Waals surface area (Å²) in [5, 5.41) is 2.71. The number of nitrogens with zero attached hydrogens (tertiary/aromatic N) is 1. The molecule has 2 amide bonds. The fraction of sp³-hybridized carbons (Fsp3) is 0.263. The molecule has 0 saturated carbocycles. The van der Waals surface area contributed by atoms with Crippen LogP contribution < -0.4 is 5.32 Å². The van der Waals surface area contributed by atoms with Gasteiger partial charge in [0.2, 0.25) is 5.91 Å². The van der Waals surface area contributed by atoms with Crippen molar-refractivity contribution in [3.8, 4) is 0 Å². The zero-order valence-corrected chi connectivity index (χ0v) is 13.6. The topological polar surface area (TPSA) is 58.6 Å². The fourth-order valence-corrected chi connectivity index (χ4v) is 2.90. The molecule has 124 valence electrons. The van der Waals surface area contributed by atoms with Crippen LogP contribution in [0.25, 0.3) is 0 Å². The Balaban J connectivity index is 1.85. The second kappa shape index (κ2) is 7.27. The molecule has 0 spiro atoms. The van der Waals surface area contributed by atoms with Gasteiger partial charge >= 0.3 is 0 Å². The summed E-state index contributed by atoms with van der Waals surface area (Å²) in [6.45, 7) is 3.01. The molecule has 1 saturated heterocycles. The van der Waals surface area contributed by atoms with Gasteiger partial charge in [0.25, 0.3) is 5.91 Å². The molecule has 0 bridgehead atoms. The highest BCUT2D eigenvalue weighted by molar-refractivity contribution is 5.97. The molecule has 2 aromatic rings. The minimum atomic E-state index is -0.159. The van der Waals surface area contributed by atoms with Gasteiger partial charge in [0.15, 0.2) is 0 Å². The van der Waals surface area contributed by atoms with Gasteiger partial charge in [-0.1, -0.05) is 36.4 Å². The zero-order chi connectivity index (χ0) is 16.9. The first kappa shape index (κ1) is 16.2. The molecule has 24 heavy (non-hydrogen) atoms. The maximum atomic E-state index is 13.0. The van der Waals surface area contributed by atoms with Crippen molar-refractivity contribution < 1.29 is 14.3 Å². The van der Waals surface area contributed by atoms with Crippen LogP contribution >= 0.6 is 0 Å². The minimum absolute atomic E-state index is 0.0562. The van der Waals surface area contributed by atoms with E-state index in [9.17, 15) is 9.59 Å². The van der Waals surface area contributed by atoms with E-state index in [2.05, 4.69) is 5.32 Å². The molecular formula is C19H20N2O3. The van der Waals surface area contributed by atoms with Crippen molar-refractivity contribution in [3.63, 3.8) is 0 Å². The number of rotatable bonds is 3. The van der Waals surface area contributed by atoms with Crippen molar-refractivity contribution >= 4 is 17.5 Å². The van der Waals surface area contributed by atoms with Gasteiger partial charge in [-0.25, -0.2) is 0 Å². The Bertz CT molecular complexity index is 730. The summed E-state index contributed by atoms with van der Waals surface area (Å²) < 4.78 is 5.58. The van der Waals surface area contributed by atoms with Gasteiger partial charge in [0.05, 0.1) is 19.3 Å². The molecule has 1 N–H and O–H groups in total. The normalized spacial score (nSPS) is 17.4. The Morgan fingerprint density at radius 1 is 1.12 bits per heavy atom. The maximum absolute atomic E-state index is 13.0. The Morgan fingerprint density at radius 3 is 2.67 bits per heavy atom. The summed E-state index contributed by atoms with van der Waals surface area (Å²) in [6, 6.07) is 16.8. The lowest BCUT2D eigenvalue weighted by atomic mass is 10.0. The molecule has 0 aliphatic carbocycles. The van der Waals surface area contributed by atoms with Crippen LogP contribution in [-0.2, 0) is 9.53 Å². The number of nitrogens with one attached hydrogen (secondary N) is 1. The lowest BCUT2D eigenvalue weighted by Crippen LogP contribution is -2.43. The van der Waals surface area contributed by atoms with E-state index < -0.39 is 0 Å². The third kappa shape index (κ3) is 3.63. The summed E-state index contributed by atoms with van der Waals surface area (Å²) >= 11 is 0. The molecule has 0 aromatic heterocycles. The third-order valence-corrected chi connectivity index (χ3v) is 4.00. The highest BCUT2D eigenvalue weighted by Gasteiger charge is 2.29. The molecule has 5 nitrogen and oxygen atoms in total. The zero-order valence-electron chi connectivity index (χ0n) is 13.6. The largest absolute Gasteiger partial charge is 0.377 e. The van der Waals surface area contributed by atoms with Crippen molar-refractivity contribution in [2.75, 3.05) is 25.1 Å². The van der Waals surface area contributed by atoms with Crippen LogP contribution in [0, 0.1) is 0 Å². The average Bonchev–Trinajstić information content (AvgIpc) is 2.61. The molecule has 3 rings (SSSR count). The molecule has 1 aliphatic heterocycles. The lowest BCUT2D eigenvalue weighted by Gasteiger charge is -2.36. The van der Waals surface area contributed by atoms with Gasteiger partial charge in [0.1, 0.15) is 0 Å². The molecule has 1 atom stereocenters. The maximum Gasteiger partial charge on any atom is 0.254 e. The van der Waals surface area contributed by atoms with E-state index in [0.29, 0.717) is 31.0 Å². The Hall–Kier alpha value is -2.66. The van der Waals surface area contributed by atoms with Crippen molar-refractivity contribution in [1.29, 1.82) is 0 Å². The lowest BCUT2D eigenvalue weighted by molar-refractivity contribution is -0.114. The van der Waals surface area contributed by atoms with Crippen molar-refractivity contribution in [2.24, 2.45) is 0 Å². The van der Waals surface area contributed by atoms with Gasteiger partial charge in [-0.2, -0.15) is 0 Å². The van der Waals surface area contributed by atoms with Crippen molar-refractivity contribution in [2.45, 2.75) is 13.0 Å². The monoisotopic (exact) mass is 324 g/mol. The van der Waals surface area contributed by atoms with Crippen LogP contribution in [0.3, 0.4) is 0 Å².